The minimum Gasteiger partial charge on any atom is -0.490 e. The molecule has 0 aliphatic carbocycles. The molecule has 1 aromatic carbocycles. The summed E-state index contributed by atoms with van der Waals surface area (Å²) in [6, 6.07) is 8.10. The number of hydrogen-bond donors (Lipinski definition) is 1. The summed E-state index contributed by atoms with van der Waals surface area (Å²) in [5.41, 5.74) is 0. The molecule has 0 bridgehead atoms. The standard InChI is InChI=1S/C16H26ClNO2/c1-4-19-15-7-5-6-8-16(15)20-10-9-18-14(12-17)11-13(2)3/h5-8,13-14,18H,4,9-12H2,1-3H3. The zero-order valence-electron chi connectivity index (χ0n) is 12.7. The van der Waals surface area contributed by atoms with Gasteiger partial charge in [-0.2, -0.15) is 0 Å². The summed E-state index contributed by atoms with van der Waals surface area (Å²) >= 11 is 5.95. The molecule has 0 saturated carbocycles. The van der Waals surface area contributed by atoms with Crippen molar-refractivity contribution in [2.45, 2.75) is 33.2 Å². The zero-order chi connectivity index (χ0) is 14.8. The average Bonchev–Trinajstić information content (AvgIpc) is 2.43. The maximum Gasteiger partial charge on any atom is 0.161 e. The smallest absolute Gasteiger partial charge is 0.161 e. The van der Waals surface area contributed by atoms with E-state index in [1.165, 1.54) is 0 Å². The molecule has 0 radical (unpaired) electrons. The van der Waals surface area contributed by atoms with E-state index in [9.17, 15) is 0 Å². The molecule has 1 N–H and O–H groups in total. The molecular formula is C16H26ClNO2. The fourth-order valence-electron chi connectivity index (χ4n) is 2.04. The van der Waals surface area contributed by atoms with Crippen LogP contribution in [0.5, 0.6) is 11.5 Å². The van der Waals surface area contributed by atoms with Crippen molar-refractivity contribution in [3.8, 4) is 11.5 Å². The molecule has 1 rings (SSSR count). The lowest BCUT2D eigenvalue weighted by atomic mass is 10.1. The van der Waals surface area contributed by atoms with Gasteiger partial charge in [0.2, 0.25) is 0 Å². The maximum absolute atomic E-state index is 5.95. The predicted molar refractivity (Wildman–Crippen MR) is 85.1 cm³/mol. The monoisotopic (exact) mass is 299 g/mol. The van der Waals surface area contributed by atoms with E-state index in [4.69, 9.17) is 21.1 Å². The second-order valence-electron chi connectivity index (χ2n) is 5.16. The lowest BCUT2D eigenvalue weighted by Crippen LogP contribution is -2.35. The molecule has 0 aliphatic heterocycles. The van der Waals surface area contributed by atoms with Crippen LogP contribution in [0, 0.1) is 5.92 Å². The number of hydrogen-bond acceptors (Lipinski definition) is 3. The Hall–Kier alpha value is -0.930. The quantitative estimate of drug-likeness (QED) is 0.528. The van der Waals surface area contributed by atoms with Gasteiger partial charge < -0.3 is 14.8 Å². The average molecular weight is 300 g/mol. The molecule has 1 atom stereocenters. The lowest BCUT2D eigenvalue weighted by Gasteiger charge is -2.18. The fourth-order valence-corrected chi connectivity index (χ4v) is 2.27. The summed E-state index contributed by atoms with van der Waals surface area (Å²) in [6.45, 7) is 8.41. The first kappa shape index (κ1) is 17.1. The second kappa shape index (κ2) is 9.89. The van der Waals surface area contributed by atoms with Crippen LogP contribution in [0.4, 0.5) is 0 Å². The molecule has 3 nitrogen and oxygen atoms in total. The minimum absolute atomic E-state index is 0.349. The van der Waals surface area contributed by atoms with E-state index in [0.717, 1.165) is 24.5 Å². The van der Waals surface area contributed by atoms with Gasteiger partial charge in [-0.25, -0.2) is 0 Å². The van der Waals surface area contributed by atoms with E-state index in [1.807, 2.05) is 31.2 Å². The molecule has 0 heterocycles. The number of alkyl halides is 1. The number of ether oxygens (including phenoxy) is 2. The van der Waals surface area contributed by atoms with E-state index in [2.05, 4.69) is 19.2 Å². The van der Waals surface area contributed by atoms with E-state index < -0.39 is 0 Å². The van der Waals surface area contributed by atoms with Gasteiger partial charge in [-0.15, -0.1) is 11.6 Å². The van der Waals surface area contributed by atoms with E-state index in [0.29, 0.717) is 31.1 Å². The summed E-state index contributed by atoms with van der Waals surface area (Å²) < 4.78 is 11.3. The van der Waals surface area contributed by atoms with Crippen molar-refractivity contribution in [1.29, 1.82) is 0 Å². The van der Waals surface area contributed by atoms with Crippen LogP contribution >= 0.6 is 11.6 Å². The first-order valence-electron chi connectivity index (χ1n) is 7.31. The van der Waals surface area contributed by atoms with Gasteiger partial charge in [0.05, 0.1) is 6.61 Å². The Morgan fingerprint density at radius 3 is 2.35 bits per heavy atom. The highest BCUT2D eigenvalue weighted by molar-refractivity contribution is 6.18. The summed E-state index contributed by atoms with van der Waals surface area (Å²) in [5.74, 6) is 2.87. The maximum atomic E-state index is 5.95. The first-order valence-corrected chi connectivity index (χ1v) is 7.84. The van der Waals surface area contributed by atoms with Crippen LogP contribution in [0.15, 0.2) is 24.3 Å². The number of para-hydroxylation sites is 2. The van der Waals surface area contributed by atoms with Gasteiger partial charge in [-0.3, -0.25) is 0 Å². The van der Waals surface area contributed by atoms with Crippen LogP contribution < -0.4 is 14.8 Å². The van der Waals surface area contributed by atoms with Crippen molar-refractivity contribution in [3.05, 3.63) is 24.3 Å². The Balaban J connectivity index is 2.33. The fraction of sp³-hybridized carbons (Fsp3) is 0.625. The molecule has 0 aromatic heterocycles. The molecule has 0 aliphatic rings. The van der Waals surface area contributed by atoms with Gasteiger partial charge in [-0.1, -0.05) is 26.0 Å². The first-order chi connectivity index (χ1) is 9.67. The van der Waals surface area contributed by atoms with Gasteiger partial charge in [-0.05, 0) is 31.4 Å². The molecule has 0 fully saturated rings. The Kier molecular flexibility index (Phi) is 8.47. The van der Waals surface area contributed by atoms with Gasteiger partial charge in [0.1, 0.15) is 6.61 Å². The zero-order valence-corrected chi connectivity index (χ0v) is 13.5. The number of halogens is 1. The summed E-state index contributed by atoms with van der Waals surface area (Å²) in [7, 11) is 0. The summed E-state index contributed by atoms with van der Waals surface area (Å²) in [6.07, 6.45) is 1.08. The molecule has 20 heavy (non-hydrogen) atoms. The van der Waals surface area contributed by atoms with Crippen molar-refractivity contribution in [1.82, 2.24) is 5.32 Å². The molecule has 0 amide bonds. The van der Waals surface area contributed by atoms with Gasteiger partial charge >= 0.3 is 0 Å². The highest BCUT2D eigenvalue weighted by Crippen LogP contribution is 2.26. The molecule has 1 aromatic rings. The van der Waals surface area contributed by atoms with Crippen molar-refractivity contribution in [2.75, 3.05) is 25.6 Å². The molecule has 0 spiro atoms. The van der Waals surface area contributed by atoms with E-state index >= 15 is 0 Å². The van der Waals surface area contributed by atoms with Gasteiger partial charge in [0.25, 0.3) is 0 Å². The lowest BCUT2D eigenvalue weighted by molar-refractivity contribution is 0.270. The summed E-state index contributed by atoms with van der Waals surface area (Å²) in [5, 5.41) is 3.42. The highest BCUT2D eigenvalue weighted by atomic mass is 35.5. The second-order valence-corrected chi connectivity index (χ2v) is 5.47. The van der Waals surface area contributed by atoms with Crippen LogP contribution in [0.2, 0.25) is 0 Å². The van der Waals surface area contributed by atoms with Crippen LogP contribution in [-0.2, 0) is 0 Å². The molecule has 1 unspecified atom stereocenters. The largest absolute Gasteiger partial charge is 0.490 e. The summed E-state index contributed by atoms with van der Waals surface area (Å²) in [4.78, 5) is 0. The van der Waals surface area contributed by atoms with Crippen LogP contribution in [0.3, 0.4) is 0 Å². The molecule has 4 heteroatoms. The molecule has 114 valence electrons. The van der Waals surface area contributed by atoms with Crippen molar-refractivity contribution >= 4 is 11.6 Å². The topological polar surface area (TPSA) is 30.5 Å². The Bertz CT molecular complexity index is 371. The van der Waals surface area contributed by atoms with Crippen LogP contribution in [0.1, 0.15) is 27.2 Å². The Labute approximate surface area is 127 Å². The van der Waals surface area contributed by atoms with Crippen molar-refractivity contribution < 1.29 is 9.47 Å². The van der Waals surface area contributed by atoms with Crippen molar-refractivity contribution in [3.63, 3.8) is 0 Å². The van der Waals surface area contributed by atoms with E-state index in [-0.39, 0.29) is 0 Å². The Morgan fingerprint density at radius 1 is 1.15 bits per heavy atom. The third-order valence-electron chi connectivity index (χ3n) is 2.88. The van der Waals surface area contributed by atoms with Gasteiger partial charge in [0.15, 0.2) is 11.5 Å². The highest BCUT2D eigenvalue weighted by Gasteiger charge is 2.09. The van der Waals surface area contributed by atoms with Gasteiger partial charge in [0, 0.05) is 18.5 Å². The number of rotatable bonds is 10. The number of nitrogens with one attached hydrogen (secondary N) is 1. The normalized spacial score (nSPS) is 12.4. The van der Waals surface area contributed by atoms with Crippen LogP contribution in [0.25, 0.3) is 0 Å². The SMILES string of the molecule is CCOc1ccccc1OCCNC(CCl)CC(C)C. The Morgan fingerprint density at radius 2 is 1.80 bits per heavy atom. The predicted octanol–water partition coefficient (Wildman–Crippen LogP) is 3.71. The number of benzene rings is 1. The van der Waals surface area contributed by atoms with Crippen molar-refractivity contribution in [2.24, 2.45) is 5.92 Å². The third-order valence-corrected chi connectivity index (χ3v) is 3.26. The minimum atomic E-state index is 0.349. The van der Waals surface area contributed by atoms with Crippen LogP contribution in [-0.4, -0.2) is 31.7 Å². The van der Waals surface area contributed by atoms with E-state index in [1.54, 1.807) is 0 Å². The molecular weight excluding hydrogens is 274 g/mol. The molecule has 0 saturated heterocycles. The third kappa shape index (κ3) is 6.49.